The molecule has 1 rings (SSSR count). The summed E-state index contributed by atoms with van der Waals surface area (Å²) in [6.45, 7) is 4.02. The second kappa shape index (κ2) is 4.08. The number of carbonyl (C=O) groups excluding carboxylic acids is 1. The lowest BCUT2D eigenvalue weighted by molar-refractivity contribution is -0.136. The van der Waals surface area contributed by atoms with Crippen LogP contribution >= 0.6 is 0 Å². The van der Waals surface area contributed by atoms with E-state index in [2.05, 4.69) is 4.74 Å². The highest BCUT2D eigenvalue weighted by atomic mass is 16.5. The Bertz CT molecular complexity index is 306. The van der Waals surface area contributed by atoms with Crippen molar-refractivity contribution in [3.8, 4) is 0 Å². The van der Waals surface area contributed by atoms with Crippen LogP contribution in [0.1, 0.15) is 20.3 Å². The van der Waals surface area contributed by atoms with E-state index in [1.807, 2.05) is 32.1 Å². The number of carbonyl (C=O) groups is 1. The van der Waals surface area contributed by atoms with Gasteiger partial charge in [0.1, 0.15) is 0 Å². The van der Waals surface area contributed by atoms with Gasteiger partial charge in [-0.15, -0.1) is 0 Å². The molecule has 0 spiro atoms. The van der Waals surface area contributed by atoms with Gasteiger partial charge in [0.2, 0.25) is 0 Å². The molecule has 0 fully saturated rings. The van der Waals surface area contributed by atoms with E-state index in [0.29, 0.717) is 12.0 Å². The molecule has 0 atom stereocenters. The molecule has 1 aliphatic carbocycles. The van der Waals surface area contributed by atoms with Gasteiger partial charge in [0.05, 0.1) is 7.11 Å². The summed E-state index contributed by atoms with van der Waals surface area (Å²) in [5, 5.41) is 0. The zero-order valence-electron chi connectivity index (χ0n) is 8.26. The Morgan fingerprint density at radius 1 is 1.38 bits per heavy atom. The van der Waals surface area contributed by atoms with E-state index in [0.717, 1.165) is 5.57 Å². The first kappa shape index (κ1) is 9.78. The fourth-order valence-electron chi connectivity index (χ4n) is 1.20. The van der Waals surface area contributed by atoms with Crippen LogP contribution in [0.15, 0.2) is 34.9 Å². The number of esters is 1. The molecule has 0 amide bonds. The van der Waals surface area contributed by atoms with Crippen LogP contribution in [0.2, 0.25) is 0 Å². The topological polar surface area (TPSA) is 26.3 Å². The predicted octanol–water partition coefficient (Wildman–Crippen LogP) is 2.38. The summed E-state index contributed by atoms with van der Waals surface area (Å²) < 4.78 is 4.67. The molecule has 2 nitrogen and oxygen atoms in total. The first-order valence-electron chi connectivity index (χ1n) is 4.28. The van der Waals surface area contributed by atoms with Crippen molar-refractivity contribution in [2.24, 2.45) is 0 Å². The highest BCUT2D eigenvalue weighted by Crippen LogP contribution is 2.17. The third-order valence-electron chi connectivity index (χ3n) is 2.17. The van der Waals surface area contributed by atoms with Crippen molar-refractivity contribution in [2.75, 3.05) is 7.11 Å². The molecule has 0 aromatic carbocycles. The molecule has 13 heavy (non-hydrogen) atoms. The van der Waals surface area contributed by atoms with Crippen LogP contribution in [-0.2, 0) is 9.53 Å². The summed E-state index contributed by atoms with van der Waals surface area (Å²) in [6, 6.07) is 0. The number of ether oxygens (including phenoxy) is 1. The van der Waals surface area contributed by atoms with Crippen LogP contribution < -0.4 is 0 Å². The Morgan fingerprint density at radius 2 is 2.08 bits per heavy atom. The third-order valence-corrected chi connectivity index (χ3v) is 2.17. The number of hydrogen-bond acceptors (Lipinski definition) is 2. The second-order valence-corrected chi connectivity index (χ2v) is 3.13. The zero-order chi connectivity index (χ0) is 9.84. The molecule has 0 aromatic rings. The maximum absolute atomic E-state index is 11.2. The van der Waals surface area contributed by atoms with E-state index < -0.39 is 0 Å². The maximum atomic E-state index is 11.2. The number of methoxy groups -OCH3 is 1. The maximum Gasteiger partial charge on any atom is 0.334 e. The van der Waals surface area contributed by atoms with Crippen molar-refractivity contribution in [1.29, 1.82) is 0 Å². The Balaban J connectivity index is 2.97. The average Bonchev–Trinajstić information content (AvgIpc) is 2.28. The van der Waals surface area contributed by atoms with E-state index in [1.165, 1.54) is 12.7 Å². The molecule has 0 heterocycles. The van der Waals surface area contributed by atoms with Crippen LogP contribution in [0, 0.1) is 0 Å². The van der Waals surface area contributed by atoms with E-state index in [1.54, 1.807) is 0 Å². The van der Waals surface area contributed by atoms with Gasteiger partial charge in [0.25, 0.3) is 0 Å². The smallest absolute Gasteiger partial charge is 0.334 e. The van der Waals surface area contributed by atoms with Crippen molar-refractivity contribution in [1.82, 2.24) is 0 Å². The monoisotopic (exact) mass is 178 g/mol. The summed E-state index contributed by atoms with van der Waals surface area (Å²) in [5.74, 6) is -0.237. The Morgan fingerprint density at radius 3 is 2.69 bits per heavy atom. The Hall–Kier alpha value is -1.31. The third kappa shape index (κ3) is 2.31. The number of allylic oxidation sites excluding steroid dienone is 5. The lowest BCUT2D eigenvalue weighted by Crippen LogP contribution is -2.03. The van der Waals surface area contributed by atoms with Crippen molar-refractivity contribution >= 4 is 5.97 Å². The van der Waals surface area contributed by atoms with Gasteiger partial charge < -0.3 is 4.74 Å². The minimum atomic E-state index is -0.237. The van der Waals surface area contributed by atoms with Gasteiger partial charge in [0, 0.05) is 5.57 Å². The fraction of sp³-hybridized carbons (Fsp3) is 0.364. The van der Waals surface area contributed by atoms with Gasteiger partial charge in [-0.3, -0.25) is 0 Å². The number of hydrogen-bond donors (Lipinski definition) is 0. The number of rotatable bonds is 1. The molecular formula is C11H14O2. The van der Waals surface area contributed by atoms with Crippen LogP contribution in [0.5, 0.6) is 0 Å². The first-order chi connectivity index (χ1) is 6.15. The molecule has 1 aliphatic rings. The highest BCUT2D eigenvalue weighted by Gasteiger charge is 2.09. The normalized spacial score (nSPS) is 16.7. The fourth-order valence-corrected chi connectivity index (χ4v) is 1.20. The molecule has 0 bridgehead atoms. The van der Waals surface area contributed by atoms with Crippen LogP contribution in [0.4, 0.5) is 0 Å². The zero-order valence-corrected chi connectivity index (χ0v) is 8.26. The summed E-state index contributed by atoms with van der Waals surface area (Å²) in [4.78, 5) is 11.2. The minimum Gasteiger partial charge on any atom is -0.466 e. The van der Waals surface area contributed by atoms with E-state index in [-0.39, 0.29) is 5.97 Å². The summed E-state index contributed by atoms with van der Waals surface area (Å²) in [6.07, 6.45) is 6.55. The van der Waals surface area contributed by atoms with Crippen LogP contribution in [0.3, 0.4) is 0 Å². The molecule has 70 valence electrons. The quantitative estimate of drug-likeness (QED) is 0.576. The molecule has 0 aliphatic heterocycles. The van der Waals surface area contributed by atoms with Crippen molar-refractivity contribution in [3.63, 3.8) is 0 Å². The van der Waals surface area contributed by atoms with E-state index in [9.17, 15) is 4.79 Å². The van der Waals surface area contributed by atoms with Crippen LogP contribution in [0.25, 0.3) is 0 Å². The van der Waals surface area contributed by atoms with Crippen LogP contribution in [-0.4, -0.2) is 13.1 Å². The molecule has 0 aromatic heterocycles. The standard InChI is InChI=1S/C11H14O2/c1-8-5-4-6-10(7-9(8)2)11(12)13-3/h4-5,7H,6H2,1-3H3. The summed E-state index contributed by atoms with van der Waals surface area (Å²) in [5.41, 5.74) is 3.03. The molecule has 0 saturated heterocycles. The lowest BCUT2D eigenvalue weighted by atomic mass is 10.1. The lowest BCUT2D eigenvalue weighted by Gasteiger charge is -2.01. The van der Waals surface area contributed by atoms with Gasteiger partial charge in [-0.25, -0.2) is 4.79 Å². The average molecular weight is 178 g/mol. The second-order valence-electron chi connectivity index (χ2n) is 3.13. The Kier molecular flexibility index (Phi) is 3.07. The predicted molar refractivity (Wildman–Crippen MR) is 52.2 cm³/mol. The van der Waals surface area contributed by atoms with Crippen molar-refractivity contribution < 1.29 is 9.53 Å². The molecule has 0 N–H and O–H groups in total. The van der Waals surface area contributed by atoms with Gasteiger partial charge >= 0.3 is 5.97 Å². The highest BCUT2D eigenvalue weighted by molar-refractivity contribution is 5.89. The van der Waals surface area contributed by atoms with Gasteiger partial charge in [-0.2, -0.15) is 0 Å². The largest absolute Gasteiger partial charge is 0.466 e. The molecule has 0 radical (unpaired) electrons. The van der Waals surface area contributed by atoms with Crippen molar-refractivity contribution in [3.05, 3.63) is 34.9 Å². The Labute approximate surface area is 78.6 Å². The molecular weight excluding hydrogens is 164 g/mol. The SMILES string of the molecule is COC(=O)C1=CC(C)=C(C)C=CC1. The van der Waals surface area contributed by atoms with E-state index >= 15 is 0 Å². The molecule has 2 heteroatoms. The molecule has 0 unspecified atom stereocenters. The van der Waals surface area contributed by atoms with Gasteiger partial charge in [-0.05, 0) is 37.5 Å². The minimum absolute atomic E-state index is 0.237. The van der Waals surface area contributed by atoms with E-state index in [4.69, 9.17) is 0 Å². The summed E-state index contributed by atoms with van der Waals surface area (Å²) >= 11 is 0. The van der Waals surface area contributed by atoms with Crippen molar-refractivity contribution in [2.45, 2.75) is 20.3 Å². The van der Waals surface area contributed by atoms with Gasteiger partial charge in [0.15, 0.2) is 0 Å². The summed E-state index contributed by atoms with van der Waals surface area (Å²) in [7, 11) is 1.41. The van der Waals surface area contributed by atoms with Gasteiger partial charge in [-0.1, -0.05) is 12.2 Å². The first-order valence-corrected chi connectivity index (χ1v) is 4.28. The molecule has 0 saturated carbocycles.